The van der Waals surface area contributed by atoms with Crippen molar-refractivity contribution in [3.05, 3.63) is 23.0 Å². The average molecular weight is 305 g/mol. The van der Waals surface area contributed by atoms with Gasteiger partial charge in [0, 0.05) is 43.5 Å². The number of carbonyl (C=O) groups is 2. The van der Waals surface area contributed by atoms with Crippen LogP contribution in [0, 0.1) is 19.8 Å². The quantitative estimate of drug-likeness (QED) is 0.928. The molecule has 0 aliphatic carbocycles. The summed E-state index contributed by atoms with van der Waals surface area (Å²) in [6.45, 7) is 10.5. The van der Waals surface area contributed by atoms with Gasteiger partial charge in [-0.25, -0.2) is 0 Å². The molecular formula is C17H27N3O2. The maximum atomic E-state index is 12.6. The summed E-state index contributed by atoms with van der Waals surface area (Å²) in [4.78, 5) is 31.9. The van der Waals surface area contributed by atoms with Crippen molar-refractivity contribution in [3.63, 3.8) is 0 Å². The highest BCUT2D eigenvalue weighted by Gasteiger charge is 2.28. The van der Waals surface area contributed by atoms with Crippen LogP contribution in [-0.2, 0) is 4.79 Å². The van der Waals surface area contributed by atoms with Crippen molar-refractivity contribution in [2.24, 2.45) is 5.92 Å². The number of hydrogen-bond acceptors (Lipinski definition) is 2. The molecule has 0 unspecified atom stereocenters. The zero-order valence-electron chi connectivity index (χ0n) is 14.1. The zero-order valence-corrected chi connectivity index (χ0v) is 14.1. The molecule has 1 saturated heterocycles. The van der Waals surface area contributed by atoms with Gasteiger partial charge >= 0.3 is 0 Å². The van der Waals surface area contributed by atoms with Crippen LogP contribution in [0.1, 0.15) is 48.4 Å². The molecular weight excluding hydrogens is 278 g/mol. The Hall–Kier alpha value is -1.78. The fourth-order valence-electron chi connectivity index (χ4n) is 3.14. The number of piperazine rings is 1. The van der Waals surface area contributed by atoms with Gasteiger partial charge in [0.2, 0.25) is 5.91 Å². The van der Waals surface area contributed by atoms with E-state index in [-0.39, 0.29) is 17.7 Å². The molecule has 122 valence electrons. The van der Waals surface area contributed by atoms with Gasteiger partial charge in [-0.05, 0) is 32.8 Å². The number of amides is 2. The number of carbonyl (C=O) groups excluding carboxylic acids is 2. The van der Waals surface area contributed by atoms with Gasteiger partial charge in [0.05, 0.1) is 5.56 Å². The molecule has 1 aromatic heterocycles. The molecule has 0 aromatic carbocycles. The number of nitrogens with zero attached hydrogens (tertiary/aromatic N) is 2. The summed E-state index contributed by atoms with van der Waals surface area (Å²) >= 11 is 0. The topological polar surface area (TPSA) is 56.4 Å². The van der Waals surface area contributed by atoms with E-state index < -0.39 is 0 Å². The Morgan fingerprint density at radius 2 is 1.64 bits per heavy atom. The fraction of sp³-hybridized carbons (Fsp3) is 0.647. The first-order chi connectivity index (χ1) is 10.5. The number of aromatic amines is 1. The van der Waals surface area contributed by atoms with Gasteiger partial charge in [0.15, 0.2) is 0 Å². The molecule has 1 aliphatic rings. The van der Waals surface area contributed by atoms with Crippen LogP contribution in [0.5, 0.6) is 0 Å². The minimum absolute atomic E-state index is 0.0662. The second-order valence-corrected chi connectivity index (χ2v) is 6.12. The SMILES string of the molecule is CCC(CC)C(=O)N1CCN(C(=O)c2cc(C)[nH]c2C)CC1. The Bertz CT molecular complexity index is 538. The van der Waals surface area contributed by atoms with Crippen molar-refractivity contribution in [2.75, 3.05) is 26.2 Å². The minimum Gasteiger partial charge on any atom is -0.362 e. The van der Waals surface area contributed by atoms with Crippen molar-refractivity contribution in [1.29, 1.82) is 0 Å². The first-order valence-corrected chi connectivity index (χ1v) is 8.22. The van der Waals surface area contributed by atoms with Gasteiger partial charge in [-0.1, -0.05) is 13.8 Å². The van der Waals surface area contributed by atoms with E-state index in [1.54, 1.807) is 0 Å². The predicted molar refractivity (Wildman–Crippen MR) is 86.8 cm³/mol. The molecule has 22 heavy (non-hydrogen) atoms. The van der Waals surface area contributed by atoms with Crippen LogP contribution in [-0.4, -0.2) is 52.8 Å². The first-order valence-electron chi connectivity index (χ1n) is 8.22. The molecule has 2 amide bonds. The van der Waals surface area contributed by atoms with Gasteiger partial charge in [0.25, 0.3) is 5.91 Å². The molecule has 0 radical (unpaired) electrons. The van der Waals surface area contributed by atoms with Crippen LogP contribution in [0.25, 0.3) is 0 Å². The third-order valence-electron chi connectivity index (χ3n) is 4.59. The Kier molecular flexibility index (Phi) is 5.27. The molecule has 5 nitrogen and oxygen atoms in total. The fourth-order valence-corrected chi connectivity index (χ4v) is 3.14. The lowest BCUT2D eigenvalue weighted by Gasteiger charge is -2.36. The van der Waals surface area contributed by atoms with E-state index in [2.05, 4.69) is 18.8 Å². The lowest BCUT2D eigenvalue weighted by molar-refractivity contribution is -0.137. The maximum absolute atomic E-state index is 12.6. The Labute approximate surface area is 132 Å². The number of H-pyrrole nitrogens is 1. The van der Waals surface area contributed by atoms with Crippen LogP contribution in [0.2, 0.25) is 0 Å². The van der Waals surface area contributed by atoms with E-state index in [1.807, 2.05) is 29.7 Å². The van der Waals surface area contributed by atoms with Crippen molar-refractivity contribution >= 4 is 11.8 Å². The molecule has 0 spiro atoms. The van der Waals surface area contributed by atoms with Gasteiger partial charge < -0.3 is 14.8 Å². The van der Waals surface area contributed by atoms with Gasteiger partial charge in [-0.15, -0.1) is 0 Å². The van der Waals surface area contributed by atoms with E-state index in [0.29, 0.717) is 26.2 Å². The highest BCUT2D eigenvalue weighted by atomic mass is 16.2. The second-order valence-electron chi connectivity index (χ2n) is 6.12. The first kappa shape index (κ1) is 16.6. The van der Waals surface area contributed by atoms with Crippen molar-refractivity contribution in [2.45, 2.75) is 40.5 Å². The van der Waals surface area contributed by atoms with Gasteiger partial charge in [-0.3, -0.25) is 9.59 Å². The summed E-state index contributed by atoms with van der Waals surface area (Å²) in [5.74, 6) is 0.430. The van der Waals surface area contributed by atoms with Crippen LogP contribution in [0.4, 0.5) is 0 Å². The maximum Gasteiger partial charge on any atom is 0.255 e. The third-order valence-corrected chi connectivity index (χ3v) is 4.59. The largest absolute Gasteiger partial charge is 0.362 e. The number of aromatic nitrogens is 1. The summed E-state index contributed by atoms with van der Waals surface area (Å²) in [7, 11) is 0. The van der Waals surface area contributed by atoms with E-state index in [9.17, 15) is 9.59 Å². The van der Waals surface area contributed by atoms with Crippen LogP contribution in [0.3, 0.4) is 0 Å². The molecule has 2 rings (SSSR count). The predicted octanol–water partition coefficient (Wildman–Crippen LogP) is 2.35. The molecule has 0 bridgehead atoms. The summed E-state index contributed by atoms with van der Waals surface area (Å²) < 4.78 is 0. The molecule has 1 fully saturated rings. The van der Waals surface area contributed by atoms with E-state index in [0.717, 1.165) is 29.8 Å². The summed E-state index contributed by atoms with van der Waals surface area (Å²) in [5.41, 5.74) is 2.67. The highest BCUT2D eigenvalue weighted by molar-refractivity contribution is 5.95. The summed E-state index contributed by atoms with van der Waals surface area (Å²) in [6.07, 6.45) is 1.77. The molecule has 1 aliphatic heterocycles. The zero-order chi connectivity index (χ0) is 16.3. The minimum atomic E-state index is 0.0662. The van der Waals surface area contributed by atoms with Crippen molar-refractivity contribution < 1.29 is 9.59 Å². The summed E-state index contributed by atoms with van der Waals surface area (Å²) in [6, 6.07) is 1.90. The standard InChI is InChI=1S/C17H27N3O2/c1-5-14(6-2)16(21)19-7-9-20(10-8-19)17(22)15-11-12(3)18-13(15)4/h11,14,18H,5-10H2,1-4H3. The van der Waals surface area contributed by atoms with E-state index >= 15 is 0 Å². The van der Waals surface area contributed by atoms with Crippen LogP contribution >= 0.6 is 0 Å². The summed E-state index contributed by atoms with van der Waals surface area (Å²) in [5, 5.41) is 0. The number of rotatable bonds is 4. The van der Waals surface area contributed by atoms with Crippen molar-refractivity contribution in [3.8, 4) is 0 Å². The Morgan fingerprint density at radius 3 is 2.09 bits per heavy atom. The smallest absolute Gasteiger partial charge is 0.255 e. The lowest BCUT2D eigenvalue weighted by atomic mass is 10.0. The molecule has 2 heterocycles. The van der Waals surface area contributed by atoms with Crippen LogP contribution < -0.4 is 0 Å². The Balaban J connectivity index is 1.96. The number of nitrogens with one attached hydrogen (secondary N) is 1. The molecule has 0 saturated carbocycles. The van der Waals surface area contributed by atoms with Crippen molar-refractivity contribution in [1.82, 2.24) is 14.8 Å². The highest BCUT2D eigenvalue weighted by Crippen LogP contribution is 2.17. The molecule has 1 aromatic rings. The number of hydrogen-bond donors (Lipinski definition) is 1. The number of aryl methyl sites for hydroxylation is 2. The normalized spacial score (nSPS) is 15.5. The molecule has 1 N–H and O–H groups in total. The lowest BCUT2D eigenvalue weighted by Crippen LogP contribution is -2.52. The monoisotopic (exact) mass is 305 g/mol. The average Bonchev–Trinajstić information content (AvgIpc) is 2.86. The molecule has 5 heteroatoms. The third kappa shape index (κ3) is 3.34. The second kappa shape index (κ2) is 6.99. The van der Waals surface area contributed by atoms with Gasteiger partial charge in [-0.2, -0.15) is 0 Å². The van der Waals surface area contributed by atoms with E-state index in [1.165, 1.54) is 0 Å². The molecule has 0 atom stereocenters. The van der Waals surface area contributed by atoms with Crippen LogP contribution in [0.15, 0.2) is 6.07 Å². The van der Waals surface area contributed by atoms with E-state index in [4.69, 9.17) is 0 Å². The van der Waals surface area contributed by atoms with Gasteiger partial charge in [0.1, 0.15) is 0 Å². The Morgan fingerprint density at radius 1 is 1.09 bits per heavy atom.